The van der Waals surface area contributed by atoms with Crippen LogP contribution >= 0.6 is 12.4 Å². The lowest BCUT2D eigenvalue weighted by Gasteiger charge is -2.26. The van der Waals surface area contributed by atoms with Crippen LogP contribution in [0.1, 0.15) is 16.3 Å². The summed E-state index contributed by atoms with van der Waals surface area (Å²) in [5.41, 5.74) is 0. The van der Waals surface area contributed by atoms with Gasteiger partial charge in [0.15, 0.2) is 5.76 Å². The SMILES string of the molecule is Cl.O=C(NCC1CNC1)c1ccc(COc2ccc3ccccc3c2)o1. The lowest BCUT2D eigenvalue weighted by atomic mass is 10.0. The number of amides is 1. The Hall–Kier alpha value is -2.50. The number of carbonyl (C=O) groups is 1. The number of carbonyl (C=O) groups excluding carboxylic acids is 1. The summed E-state index contributed by atoms with van der Waals surface area (Å²) in [6.45, 7) is 2.89. The molecule has 0 spiro atoms. The van der Waals surface area contributed by atoms with E-state index in [1.165, 1.54) is 5.39 Å². The van der Waals surface area contributed by atoms with E-state index in [9.17, 15) is 4.79 Å². The predicted molar refractivity (Wildman–Crippen MR) is 103 cm³/mol. The molecule has 0 radical (unpaired) electrons. The van der Waals surface area contributed by atoms with Crippen LogP contribution < -0.4 is 15.4 Å². The van der Waals surface area contributed by atoms with Gasteiger partial charge in [0.2, 0.25) is 0 Å². The summed E-state index contributed by atoms with van der Waals surface area (Å²) in [6, 6.07) is 17.6. The number of furan rings is 1. The molecule has 0 unspecified atom stereocenters. The predicted octanol–water partition coefficient (Wildman–Crippen LogP) is 3.38. The Morgan fingerprint density at radius 1 is 1.12 bits per heavy atom. The molecule has 6 heteroatoms. The van der Waals surface area contributed by atoms with Crippen molar-refractivity contribution in [3.05, 3.63) is 66.1 Å². The maximum atomic E-state index is 12.1. The van der Waals surface area contributed by atoms with E-state index in [-0.39, 0.29) is 24.9 Å². The van der Waals surface area contributed by atoms with Crippen molar-refractivity contribution in [1.29, 1.82) is 0 Å². The van der Waals surface area contributed by atoms with E-state index in [1.807, 2.05) is 30.3 Å². The highest BCUT2D eigenvalue weighted by molar-refractivity contribution is 5.91. The fourth-order valence-corrected chi connectivity index (χ4v) is 2.81. The third-order valence-corrected chi connectivity index (χ3v) is 4.40. The van der Waals surface area contributed by atoms with Gasteiger partial charge in [0.25, 0.3) is 5.91 Å². The number of halogens is 1. The lowest BCUT2D eigenvalue weighted by Crippen LogP contribution is -2.48. The molecule has 1 fully saturated rings. The number of benzene rings is 2. The van der Waals surface area contributed by atoms with Gasteiger partial charge >= 0.3 is 0 Å². The Kier molecular flexibility index (Phi) is 5.81. The first kappa shape index (κ1) is 18.3. The molecule has 136 valence electrons. The van der Waals surface area contributed by atoms with E-state index in [0.717, 1.165) is 24.2 Å². The van der Waals surface area contributed by atoms with Crippen molar-refractivity contribution in [1.82, 2.24) is 10.6 Å². The fourth-order valence-electron chi connectivity index (χ4n) is 2.81. The van der Waals surface area contributed by atoms with Gasteiger partial charge in [0, 0.05) is 25.6 Å². The quantitative estimate of drug-likeness (QED) is 0.696. The zero-order chi connectivity index (χ0) is 17.1. The number of ether oxygens (including phenoxy) is 1. The van der Waals surface area contributed by atoms with E-state index < -0.39 is 0 Å². The number of fused-ring (bicyclic) bond motifs is 1. The average molecular weight is 373 g/mol. The Morgan fingerprint density at radius 3 is 2.69 bits per heavy atom. The van der Waals surface area contributed by atoms with Crippen molar-refractivity contribution in [2.45, 2.75) is 6.61 Å². The molecular weight excluding hydrogens is 352 g/mol. The summed E-state index contributed by atoms with van der Waals surface area (Å²) in [5.74, 6) is 2.07. The summed E-state index contributed by atoms with van der Waals surface area (Å²) >= 11 is 0. The molecule has 3 aromatic rings. The van der Waals surface area contributed by atoms with Crippen LogP contribution in [0, 0.1) is 5.92 Å². The minimum absolute atomic E-state index is 0. The highest BCUT2D eigenvalue weighted by atomic mass is 35.5. The summed E-state index contributed by atoms with van der Waals surface area (Å²) in [6.07, 6.45) is 0. The highest BCUT2D eigenvalue weighted by Gasteiger charge is 2.18. The van der Waals surface area contributed by atoms with Gasteiger partial charge in [-0.3, -0.25) is 4.79 Å². The van der Waals surface area contributed by atoms with Crippen LogP contribution in [0.4, 0.5) is 0 Å². The van der Waals surface area contributed by atoms with E-state index in [4.69, 9.17) is 9.15 Å². The van der Waals surface area contributed by atoms with E-state index >= 15 is 0 Å². The minimum atomic E-state index is -0.177. The van der Waals surface area contributed by atoms with Crippen molar-refractivity contribution in [3.63, 3.8) is 0 Å². The molecule has 2 N–H and O–H groups in total. The molecular formula is C20H21ClN2O3. The summed E-state index contributed by atoms with van der Waals surface area (Å²) in [7, 11) is 0. The molecule has 0 atom stereocenters. The molecule has 0 saturated carbocycles. The van der Waals surface area contributed by atoms with Crippen molar-refractivity contribution >= 4 is 29.1 Å². The monoisotopic (exact) mass is 372 g/mol. The van der Waals surface area contributed by atoms with Crippen LogP contribution in [0.2, 0.25) is 0 Å². The van der Waals surface area contributed by atoms with Gasteiger partial charge in [-0.25, -0.2) is 0 Å². The van der Waals surface area contributed by atoms with Crippen LogP contribution in [0.25, 0.3) is 10.8 Å². The molecule has 0 bridgehead atoms. The van der Waals surface area contributed by atoms with Gasteiger partial charge in [0.05, 0.1) is 0 Å². The second-order valence-electron chi connectivity index (χ2n) is 6.30. The molecule has 0 aliphatic carbocycles. The number of rotatable bonds is 6. The first-order valence-electron chi connectivity index (χ1n) is 8.47. The maximum absolute atomic E-state index is 12.1. The zero-order valence-corrected chi connectivity index (χ0v) is 15.1. The third-order valence-electron chi connectivity index (χ3n) is 4.40. The summed E-state index contributed by atoms with van der Waals surface area (Å²) in [5, 5.41) is 8.38. The number of nitrogens with one attached hydrogen (secondary N) is 2. The Morgan fingerprint density at radius 2 is 1.92 bits per heavy atom. The third kappa shape index (κ3) is 4.18. The van der Waals surface area contributed by atoms with Crippen molar-refractivity contribution in [2.24, 2.45) is 5.92 Å². The standard InChI is InChI=1S/C20H20N2O3.ClH/c23-20(22-12-14-10-21-11-14)19-8-7-18(25-19)13-24-17-6-5-15-3-1-2-4-16(15)9-17;/h1-9,14,21H,10-13H2,(H,22,23);1H. The van der Waals surface area contributed by atoms with E-state index in [1.54, 1.807) is 12.1 Å². The van der Waals surface area contributed by atoms with Crippen LogP contribution in [0.5, 0.6) is 5.75 Å². The molecule has 1 aliphatic rings. The minimum Gasteiger partial charge on any atom is -0.486 e. The molecule has 4 rings (SSSR count). The maximum Gasteiger partial charge on any atom is 0.287 e. The second kappa shape index (κ2) is 8.25. The molecule has 2 heterocycles. The Bertz CT molecular complexity index is 889. The smallest absolute Gasteiger partial charge is 0.287 e. The number of hydrogen-bond donors (Lipinski definition) is 2. The Labute approximate surface area is 158 Å². The molecule has 1 amide bonds. The molecule has 1 aliphatic heterocycles. The van der Waals surface area contributed by atoms with Gasteiger partial charge < -0.3 is 19.8 Å². The zero-order valence-electron chi connectivity index (χ0n) is 14.2. The van der Waals surface area contributed by atoms with Gasteiger partial charge in [-0.2, -0.15) is 0 Å². The average Bonchev–Trinajstić information content (AvgIpc) is 3.07. The van der Waals surface area contributed by atoms with Gasteiger partial charge in [0.1, 0.15) is 18.1 Å². The van der Waals surface area contributed by atoms with E-state index in [0.29, 0.717) is 24.0 Å². The first-order valence-corrected chi connectivity index (χ1v) is 8.47. The van der Waals surface area contributed by atoms with Gasteiger partial charge in [-0.05, 0) is 35.0 Å². The first-order chi connectivity index (χ1) is 12.3. The Balaban J connectivity index is 0.00000196. The summed E-state index contributed by atoms with van der Waals surface area (Å²) < 4.78 is 11.4. The van der Waals surface area contributed by atoms with Crippen molar-refractivity contribution in [3.8, 4) is 5.75 Å². The summed E-state index contributed by atoms with van der Waals surface area (Å²) in [4.78, 5) is 12.1. The van der Waals surface area contributed by atoms with Gasteiger partial charge in [-0.15, -0.1) is 12.4 Å². The molecule has 1 aromatic heterocycles. The molecule has 5 nitrogen and oxygen atoms in total. The van der Waals surface area contributed by atoms with Crippen LogP contribution in [0.3, 0.4) is 0 Å². The number of hydrogen-bond acceptors (Lipinski definition) is 4. The normalized spacial score (nSPS) is 13.7. The molecule has 1 saturated heterocycles. The largest absolute Gasteiger partial charge is 0.486 e. The van der Waals surface area contributed by atoms with E-state index in [2.05, 4.69) is 22.8 Å². The lowest BCUT2D eigenvalue weighted by molar-refractivity contribution is 0.0910. The topological polar surface area (TPSA) is 63.5 Å². The van der Waals surface area contributed by atoms with Crippen LogP contribution in [-0.2, 0) is 6.61 Å². The van der Waals surface area contributed by atoms with Crippen LogP contribution in [-0.4, -0.2) is 25.5 Å². The van der Waals surface area contributed by atoms with Crippen molar-refractivity contribution in [2.75, 3.05) is 19.6 Å². The molecule has 26 heavy (non-hydrogen) atoms. The fraction of sp³-hybridized carbons (Fsp3) is 0.250. The molecule has 2 aromatic carbocycles. The highest BCUT2D eigenvalue weighted by Crippen LogP contribution is 2.21. The van der Waals surface area contributed by atoms with Crippen LogP contribution in [0.15, 0.2) is 59.0 Å². The second-order valence-corrected chi connectivity index (χ2v) is 6.30. The van der Waals surface area contributed by atoms with Crippen molar-refractivity contribution < 1.29 is 13.9 Å². The van der Waals surface area contributed by atoms with Gasteiger partial charge in [-0.1, -0.05) is 30.3 Å².